The molecule has 2 aromatic carbocycles. The Labute approximate surface area is 137 Å². The highest BCUT2D eigenvalue weighted by atomic mass is 15.2. The van der Waals surface area contributed by atoms with E-state index in [4.69, 9.17) is 0 Å². The lowest BCUT2D eigenvalue weighted by Crippen LogP contribution is -2.23. The van der Waals surface area contributed by atoms with Crippen molar-refractivity contribution in [2.75, 3.05) is 30.4 Å². The van der Waals surface area contributed by atoms with Crippen molar-refractivity contribution in [1.29, 1.82) is 0 Å². The summed E-state index contributed by atoms with van der Waals surface area (Å²) in [7, 11) is 4.11. The molecule has 23 heavy (non-hydrogen) atoms. The highest BCUT2D eigenvalue weighted by Gasteiger charge is 2.11. The summed E-state index contributed by atoms with van der Waals surface area (Å²) in [6, 6.07) is 16.8. The Morgan fingerprint density at radius 2 is 1.65 bits per heavy atom. The molecule has 0 aliphatic rings. The maximum atomic E-state index is 4.53. The Hall–Kier alpha value is -2.62. The van der Waals surface area contributed by atoms with E-state index in [1.807, 2.05) is 18.2 Å². The standard InChI is InChI=1S/C19H22N4/c1-4-23(13-15-9-11-16(12-10-15)22(2)3)19-17-7-5-6-8-18(17)20-14-21-19/h5-12,14H,4,13H2,1-3H3. The number of rotatable bonds is 5. The molecule has 0 radical (unpaired) electrons. The largest absolute Gasteiger partial charge is 0.378 e. The van der Waals surface area contributed by atoms with E-state index < -0.39 is 0 Å². The van der Waals surface area contributed by atoms with E-state index in [9.17, 15) is 0 Å². The summed E-state index contributed by atoms with van der Waals surface area (Å²) in [5, 5.41) is 1.10. The van der Waals surface area contributed by atoms with Crippen LogP contribution in [0.15, 0.2) is 54.9 Å². The topological polar surface area (TPSA) is 32.3 Å². The van der Waals surface area contributed by atoms with Gasteiger partial charge < -0.3 is 9.80 Å². The minimum Gasteiger partial charge on any atom is -0.378 e. The van der Waals surface area contributed by atoms with Crippen LogP contribution in [0.4, 0.5) is 11.5 Å². The predicted molar refractivity (Wildman–Crippen MR) is 97.0 cm³/mol. The van der Waals surface area contributed by atoms with E-state index in [2.05, 4.69) is 71.1 Å². The first-order valence-electron chi connectivity index (χ1n) is 7.90. The third-order valence-electron chi connectivity index (χ3n) is 4.03. The van der Waals surface area contributed by atoms with Gasteiger partial charge in [0.25, 0.3) is 0 Å². The summed E-state index contributed by atoms with van der Waals surface area (Å²) >= 11 is 0. The number of fused-ring (bicyclic) bond motifs is 1. The molecule has 0 N–H and O–H groups in total. The van der Waals surface area contributed by atoms with Crippen LogP contribution in [0, 0.1) is 0 Å². The van der Waals surface area contributed by atoms with Crippen LogP contribution in [0.5, 0.6) is 0 Å². The van der Waals surface area contributed by atoms with Crippen molar-refractivity contribution in [3.63, 3.8) is 0 Å². The monoisotopic (exact) mass is 306 g/mol. The number of para-hydroxylation sites is 1. The molecule has 0 fully saturated rings. The van der Waals surface area contributed by atoms with Crippen molar-refractivity contribution >= 4 is 22.4 Å². The number of nitrogens with zero attached hydrogens (tertiary/aromatic N) is 4. The van der Waals surface area contributed by atoms with E-state index in [0.29, 0.717) is 0 Å². The van der Waals surface area contributed by atoms with Crippen molar-refractivity contribution in [2.24, 2.45) is 0 Å². The highest BCUT2D eigenvalue weighted by Crippen LogP contribution is 2.24. The molecular formula is C19H22N4. The van der Waals surface area contributed by atoms with E-state index >= 15 is 0 Å². The maximum Gasteiger partial charge on any atom is 0.140 e. The van der Waals surface area contributed by atoms with Gasteiger partial charge in [0.2, 0.25) is 0 Å². The number of benzene rings is 2. The molecule has 0 spiro atoms. The van der Waals surface area contributed by atoms with E-state index in [1.165, 1.54) is 11.3 Å². The quantitative estimate of drug-likeness (QED) is 0.719. The fourth-order valence-electron chi connectivity index (χ4n) is 2.70. The maximum absolute atomic E-state index is 4.53. The van der Waals surface area contributed by atoms with Crippen molar-refractivity contribution in [1.82, 2.24) is 9.97 Å². The summed E-state index contributed by atoms with van der Waals surface area (Å²) in [6.45, 7) is 3.90. The van der Waals surface area contributed by atoms with E-state index in [0.717, 1.165) is 29.8 Å². The van der Waals surface area contributed by atoms with Crippen LogP contribution in [0.25, 0.3) is 10.9 Å². The average molecular weight is 306 g/mol. The Morgan fingerprint density at radius 3 is 2.35 bits per heavy atom. The van der Waals surface area contributed by atoms with Crippen LogP contribution < -0.4 is 9.80 Å². The first-order valence-corrected chi connectivity index (χ1v) is 7.90. The Morgan fingerprint density at radius 1 is 0.913 bits per heavy atom. The van der Waals surface area contributed by atoms with Gasteiger partial charge in [-0.15, -0.1) is 0 Å². The number of hydrogen-bond acceptors (Lipinski definition) is 4. The summed E-state index contributed by atoms with van der Waals surface area (Å²) in [4.78, 5) is 13.3. The van der Waals surface area contributed by atoms with Gasteiger partial charge >= 0.3 is 0 Å². The van der Waals surface area contributed by atoms with Gasteiger partial charge in [0.05, 0.1) is 5.52 Å². The average Bonchev–Trinajstić information content (AvgIpc) is 2.59. The Bertz CT molecular complexity index is 775. The molecule has 3 aromatic rings. The minimum atomic E-state index is 0.839. The van der Waals surface area contributed by atoms with Crippen LogP contribution in [0.3, 0.4) is 0 Å². The first-order chi connectivity index (χ1) is 11.2. The lowest BCUT2D eigenvalue weighted by Gasteiger charge is -2.23. The molecule has 118 valence electrons. The van der Waals surface area contributed by atoms with E-state index in [-0.39, 0.29) is 0 Å². The van der Waals surface area contributed by atoms with Gasteiger partial charge in [0.1, 0.15) is 12.1 Å². The molecule has 4 nitrogen and oxygen atoms in total. The Kier molecular flexibility index (Phi) is 4.42. The van der Waals surface area contributed by atoms with Crippen LogP contribution >= 0.6 is 0 Å². The van der Waals surface area contributed by atoms with Gasteiger partial charge in [0, 0.05) is 38.3 Å². The number of hydrogen-bond donors (Lipinski definition) is 0. The van der Waals surface area contributed by atoms with Crippen LogP contribution in [-0.2, 0) is 6.54 Å². The first kappa shape index (κ1) is 15.3. The van der Waals surface area contributed by atoms with Crippen molar-refractivity contribution in [3.05, 3.63) is 60.4 Å². The summed E-state index contributed by atoms with van der Waals surface area (Å²) < 4.78 is 0. The zero-order chi connectivity index (χ0) is 16.2. The zero-order valence-corrected chi connectivity index (χ0v) is 13.9. The third kappa shape index (κ3) is 3.26. The summed E-state index contributed by atoms with van der Waals surface area (Å²) in [6.07, 6.45) is 1.65. The molecule has 0 bridgehead atoms. The van der Waals surface area contributed by atoms with Gasteiger partial charge in [-0.2, -0.15) is 0 Å². The fourth-order valence-corrected chi connectivity index (χ4v) is 2.70. The molecule has 3 rings (SSSR count). The molecule has 0 unspecified atom stereocenters. The lowest BCUT2D eigenvalue weighted by atomic mass is 10.1. The van der Waals surface area contributed by atoms with Crippen LogP contribution in [-0.4, -0.2) is 30.6 Å². The van der Waals surface area contributed by atoms with Gasteiger partial charge in [-0.05, 0) is 36.8 Å². The zero-order valence-electron chi connectivity index (χ0n) is 13.9. The molecule has 0 saturated carbocycles. The van der Waals surface area contributed by atoms with E-state index in [1.54, 1.807) is 6.33 Å². The minimum absolute atomic E-state index is 0.839. The second-order valence-corrected chi connectivity index (χ2v) is 5.79. The fraction of sp³-hybridized carbons (Fsp3) is 0.263. The molecule has 0 aliphatic heterocycles. The van der Waals surface area contributed by atoms with Gasteiger partial charge in [0.15, 0.2) is 0 Å². The molecule has 1 aromatic heterocycles. The number of anilines is 2. The molecule has 0 aliphatic carbocycles. The van der Waals surface area contributed by atoms with Crippen molar-refractivity contribution < 1.29 is 0 Å². The van der Waals surface area contributed by atoms with Crippen LogP contribution in [0.1, 0.15) is 12.5 Å². The second-order valence-electron chi connectivity index (χ2n) is 5.79. The summed E-state index contributed by atoms with van der Waals surface area (Å²) in [5.41, 5.74) is 3.48. The molecule has 0 amide bonds. The molecule has 0 saturated heterocycles. The molecule has 1 heterocycles. The lowest BCUT2D eigenvalue weighted by molar-refractivity contribution is 0.816. The van der Waals surface area contributed by atoms with Crippen molar-refractivity contribution in [3.8, 4) is 0 Å². The Balaban J connectivity index is 1.90. The smallest absolute Gasteiger partial charge is 0.140 e. The van der Waals surface area contributed by atoms with Crippen LogP contribution in [0.2, 0.25) is 0 Å². The molecule has 4 heteroatoms. The SMILES string of the molecule is CCN(Cc1ccc(N(C)C)cc1)c1ncnc2ccccc12. The van der Waals surface area contributed by atoms with Crippen molar-refractivity contribution in [2.45, 2.75) is 13.5 Å². The summed E-state index contributed by atoms with van der Waals surface area (Å²) in [5.74, 6) is 0.995. The third-order valence-corrected chi connectivity index (χ3v) is 4.03. The number of aromatic nitrogens is 2. The second kappa shape index (κ2) is 6.65. The highest BCUT2D eigenvalue weighted by molar-refractivity contribution is 5.89. The van der Waals surface area contributed by atoms with Gasteiger partial charge in [-0.25, -0.2) is 9.97 Å². The molecular weight excluding hydrogens is 284 g/mol. The van der Waals surface area contributed by atoms with Gasteiger partial charge in [-0.3, -0.25) is 0 Å². The molecule has 0 atom stereocenters. The van der Waals surface area contributed by atoms with Gasteiger partial charge in [-0.1, -0.05) is 24.3 Å². The predicted octanol–water partition coefficient (Wildman–Crippen LogP) is 3.72. The normalized spacial score (nSPS) is 10.7.